The van der Waals surface area contributed by atoms with Gasteiger partial charge in [0.05, 0.1) is 17.6 Å². The Morgan fingerprint density at radius 3 is 2.88 bits per heavy atom. The van der Waals surface area contributed by atoms with Gasteiger partial charge in [0, 0.05) is 0 Å². The van der Waals surface area contributed by atoms with Crippen LogP contribution in [0, 0.1) is 6.92 Å². The van der Waals surface area contributed by atoms with E-state index < -0.39 is 5.97 Å². The third-order valence-corrected chi connectivity index (χ3v) is 2.25. The lowest BCUT2D eigenvalue weighted by molar-refractivity contribution is 0.0526. The highest BCUT2D eigenvalue weighted by atomic mass is 16.5. The van der Waals surface area contributed by atoms with Crippen molar-refractivity contribution < 1.29 is 19.1 Å². The second-order valence-electron chi connectivity index (χ2n) is 3.48. The number of fused-ring (bicyclic) bond motifs is 1. The number of carbonyl (C=O) groups excluding carboxylic acids is 1. The molecule has 0 saturated carbocycles. The molecule has 2 aromatic rings. The standard InChI is InChI=1S/C12H12O4/c1-3-15-12(14)8-5-10(13)9-4-7(2)16-11(9)6-8/h4-6,13H,3H2,1-2H3. The minimum Gasteiger partial charge on any atom is -0.507 e. The van der Waals surface area contributed by atoms with Crippen LogP contribution in [0.25, 0.3) is 11.0 Å². The summed E-state index contributed by atoms with van der Waals surface area (Å²) in [7, 11) is 0. The van der Waals surface area contributed by atoms with E-state index in [1.165, 1.54) is 6.07 Å². The van der Waals surface area contributed by atoms with Gasteiger partial charge in [0.15, 0.2) is 0 Å². The molecule has 0 aliphatic carbocycles. The Balaban J connectivity index is 2.53. The van der Waals surface area contributed by atoms with Gasteiger partial charge in [-0.15, -0.1) is 0 Å². The lowest BCUT2D eigenvalue weighted by Crippen LogP contribution is -2.04. The Bertz CT molecular complexity index is 539. The average Bonchev–Trinajstić information content (AvgIpc) is 2.59. The molecule has 0 fully saturated rings. The van der Waals surface area contributed by atoms with Gasteiger partial charge in [0.25, 0.3) is 0 Å². The molecule has 0 saturated heterocycles. The average molecular weight is 220 g/mol. The quantitative estimate of drug-likeness (QED) is 0.790. The number of esters is 1. The van der Waals surface area contributed by atoms with E-state index in [4.69, 9.17) is 9.15 Å². The van der Waals surface area contributed by atoms with Gasteiger partial charge in [-0.3, -0.25) is 0 Å². The number of carbonyl (C=O) groups is 1. The van der Waals surface area contributed by atoms with Crippen molar-refractivity contribution in [2.45, 2.75) is 13.8 Å². The monoisotopic (exact) mass is 220 g/mol. The van der Waals surface area contributed by atoms with Crippen LogP contribution in [0.3, 0.4) is 0 Å². The van der Waals surface area contributed by atoms with Crippen LogP contribution >= 0.6 is 0 Å². The minimum atomic E-state index is -0.464. The smallest absolute Gasteiger partial charge is 0.338 e. The minimum absolute atomic E-state index is 0.0254. The maximum atomic E-state index is 11.5. The van der Waals surface area contributed by atoms with Crippen LogP contribution < -0.4 is 0 Å². The van der Waals surface area contributed by atoms with E-state index in [9.17, 15) is 9.90 Å². The Kier molecular flexibility index (Phi) is 2.56. The van der Waals surface area contributed by atoms with Gasteiger partial charge >= 0.3 is 5.97 Å². The summed E-state index contributed by atoms with van der Waals surface area (Å²) < 4.78 is 10.2. The van der Waals surface area contributed by atoms with E-state index in [1.807, 2.05) is 0 Å². The molecule has 0 bridgehead atoms. The molecule has 0 unspecified atom stereocenters. The van der Waals surface area contributed by atoms with Crippen molar-refractivity contribution in [2.75, 3.05) is 6.61 Å². The van der Waals surface area contributed by atoms with Crippen molar-refractivity contribution >= 4 is 16.9 Å². The molecule has 0 radical (unpaired) electrons. The van der Waals surface area contributed by atoms with Crippen molar-refractivity contribution in [1.82, 2.24) is 0 Å². The lowest BCUT2D eigenvalue weighted by atomic mass is 10.1. The predicted octanol–water partition coefficient (Wildman–Crippen LogP) is 2.62. The fourth-order valence-corrected chi connectivity index (χ4v) is 1.58. The molecule has 2 rings (SSSR count). The Morgan fingerprint density at radius 1 is 1.44 bits per heavy atom. The van der Waals surface area contributed by atoms with Crippen molar-refractivity contribution in [2.24, 2.45) is 0 Å². The fourth-order valence-electron chi connectivity index (χ4n) is 1.58. The summed E-state index contributed by atoms with van der Waals surface area (Å²) in [6.45, 7) is 3.81. The van der Waals surface area contributed by atoms with Crippen LogP contribution in [-0.2, 0) is 4.74 Å². The summed E-state index contributed by atoms with van der Waals surface area (Å²) in [6, 6.07) is 4.68. The highest BCUT2D eigenvalue weighted by Gasteiger charge is 2.13. The molecule has 0 aliphatic rings. The molecule has 16 heavy (non-hydrogen) atoms. The zero-order chi connectivity index (χ0) is 11.7. The van der Waals surface area contributed by atoms with E-state index in [2.05, 4.69) is 0 Å². The van der Waals surface area contributed by atoms with Crippen molar-refractivity contribution in [1.29, 1.82) is 0 Å². The molecule has 1 aromatic heterocycles. The van der Waals surface area contributed by atoms with Gasteiger partial charge < -0.3 is 14.3 Å². The van der Waals surface area contributed by atoms with Crippen molar-refractivity contribution in [3.63, 3.8) is 0 Å². The van der Waals surface area contributed by atoms with Crippen LogP contribution in [0.5, 0.6) is 5.75 Å². The van der Waals surface area contributed by atoms with Gasteiger partial charge in [-0.2, -0.15) is 0 Å². The van der Waals surface area contributed by atoms with Gasteiger partial charge in [-0.1, -0.05) is 0 Å². The van der Waals surface area contributed by atoms with E-state index in [1.54, 1.807) is 26.0 Å². The molecule has 0 atom stereocenters. The first-order chi connectivity index (χ1) is 7.61. The molecule has 4 nitrogen and oxygen atoms in total. The molecule has 0 aliphatic heterocycles. The second-order valence-corrected chi connectivity index (χ2v) is 3.48. The summed E-state index contributed by atoms with van der Waals surface area (Å²) in [5.74, 6) is 0.248. The lowest BCUT2D eigenvalue weighted by Gasteiger charge is -2.02. The maximum absolute atomic E-state index is 11.5. The van der Waals surface area contributed by atoms with E-state index >= 15 is 0 Å². The topological polar surface area (TPSA) is 59.7 Å². The predicted molar refractivity (Wildman–Crippen MR) is 58.6 cm³/mol. The molecule has 84 valence electrons. The normalized spacial score (nSPS) is 10.6. The molecule has 0 spiro atoms. The number of rotatable bonds is 2. The fraction of sp³-hybridized carbons (Fsp3) is 0.250. The van der Waals surface area contributed by atoms with E-state index in [-0.39, 0.29) is 5.75 Å². The first kappa shape index (κ1) is 10.5. The molecule has 1 heterocycles. The van der Waals surface area contributed by atoms with Crippen LogP contribution in [-0.4, -0.2) is 17.7 Å². The van der Waals surface area contributed by atoms with Gasteiger partial charge in [0.1, 0.15) is 17.1 Å². The summed E-state index contributed by atoms with van der Waals surface area (Å²) in [4.78, 5) is 11.5. The maximum Gasteiger partial charge on any atom is 0.338 e. The molecule has 4 heteroatoms. The first-order valence-electron chi connectivity index (χ1n) is 5.02. The molecular weight excluding hydrogens is 208 g/mol. The highest BCUT2D eigenvalue weighted by molar-refractivity contribution is 5.96. The first-order valence-corrected chi connectivity index (χ1v) is 5.02. The second kappa shape index (κ2) is 3.89. The van der Waals surface area contributed by atoms with Gasteiger partial charge in [0.2, 0.25) is 0 Å². The number of aryl methyl sites for hydroxylation is 1. The number of benzene rings is 1. The summed E-state index contributed by atoms with van der Waals surface area (Å²) in [5, 5.41) is 10.3. The van der Waals surface area contributed by atoms with E-state index in [0.29, 0.717) is 28.9 Å². The van der Waals surface area contributed by atoms with Crippen LogP contribution in [0.2, 0.25) is 0 Å². The highest BCUT2D eigenvalue weighted by Crippen LogP contribution is 2.29. The molecule has 1 N–H and O–H groups in total. The number of hydrogen-bond donors (Lipinski definition) is 1. The number of ether oxygens (including phenoxy) is 1. The molecular formula is C12H12O4. The third-order valence-electron chi connectivity index (χ3n) is 2.25. The Morgan fingerprint density at radius 2 is 2.19 bits per heavy atom. The van der Waals surface area contributed by atoms with Gasteiger partial charge in [-0.05, 0) is 32.0 Å². The van der Waals surface area contributed by atoms with Crippen LogP contribution in [0.4, 0.5) is 0 Å². The Hall–Kier alpha value is -1.97. The number of hydrogen-bond acceptors (Lipinski definition) is 4. The van der Waals surface area contributed by atoms with Crippen molar-refractivity contribution in [3.05, 3.63) is 29.5 Å². The summed E-state index contributed by atoms with van der Waals surface area (Å²) >= 11 is 0. The number of phenols is 1. The summed E-state index contributed by atoms with van der Waals surface area (Å²) in [5.41, 5.74) is 0.779. The number of aromatic hydroxyl groups is 1. The van der Waals surface area contributed by atoms with Crippen molar-refractivity contribution in [3.8, 4) is 5.75 Å². The molecule has 1 aromatic carbocycles. The largest absolute Gasteiger partial charge is 0.507 e. The Labute approximate surface area is 92.4 Å². The zero-order valence-corrected chi connectivity index (χ0v) is 9.11. The zero-order valence-electron chi connectivity index (χ0n) is 9.11. The van der Waals surface area contributed by atoms with E-state index in [0.717, 1.165) is 0 Å². The summed E-state index contributed by atoms with van der Waals surface area (Å²) in [6.07, 6.45) is 0. The van der Waals surface area contributed by atoms with Crippen LogP contribution in [0.15, 0.2) is 22.6 Å². The van der Waals surface area contributed by atoms with Crippen LogP contribution in [0.1, 0.15) is 23.0 Å². The molecule has 0 amide bonds. The number of phenolic OH excluding ortho intramolecular Hbond substituents is 1. The van der Waals surface area contributed by atoms with Gasteiger partial charge in [-0.25, -0.2) is 4.79 Å². The number of furan rings is 1. The third kappa shape index (κ3) is 1.74. The SMILES string of the molecule is CCOC(=O)c1cc(O)c2cc(C)oc2c1.